The van der Waals surface area contributed by atoms with E-state index in [2.05, 4.69) is 19.9 Å². The van der Waals surface area contributed by atoms with Crippen LogP contribution in [0.15, 0.2) is 97.6 Å². The van der Waals surface area contributed by atoms with E-state index in [-0.39, 0.29) is 57.9 Å². The summed E-state index contributed by atoms with van der Waals surface area (Å²) in [4.78, 5) is 51.2. The minimum Gasteiger partial charge on any atom is -1.00 e. The van der Waals surface area contributed by atoms with Crippen LogP contribution < -0.4 is 29.6 Å². The first-order valence-electron chi connectivity index (χ1n) is 14.3. The van der Waals surface area contributed by atoms with Crippen LogP contribution in [0, 0.1) is 0 Å². The third kappa shape index (κ3) is 9.62. The van der Waals surface area contributed by atoms with Gasteiger partial charge < -0.3 is 16.0 Å². The minimum absolute atomic E-state index is 0. The molecule has 1 N–H and O–H groups in total. The Bertz CT molecular complexity index is 2070. The summed E-state index contributed by atoms with van der Waals surface area (Å²) < 4.78 is 9.44. The van der Waals surface area contributed by atoms with E-state index in [4.69, 9.17) is 9.47 Å². The van der Waals surface area contributed by atoms with Crippen molar-refractivity contribution in [2.45, 2.75) is 19.4 Å². The molecular formula is C36H31BN4NaO6. The number of carbonyl (C=O) groups excluding carboxylic acids is 3. The molecule has 4 heterocycles. The number of hydrogen-bond donors (Lipinski definition) is 1. The summed E-state index contributed by atoms with van der Waals surface area (Å²) >= 11 is 0. The molecule has 0 aliphatic heterocycles. The summed E-state index contributed by atoms with van der Waals surface area (Å²) in [5.74, 6) is -0.754. The summed E-state index contributed by atoms with van der Waals surface area (Å²) in [7, 11) is 2.71. The largest absolute Gasteiger partial charge is 1.00 e. The molecule has 0 aliphatic rings. The van der Waals surface area contributed by atoms with E-state index >= 15 is 0 Å². The summed E-state index contributed by atoms with van der Waals surface area (Å²) in [6.07, 6.45) is 8.37. The van der Waals surface area contributed by atoms with Gasteiger partial charge in [0.25, 0.3) is 0 Å². The molecule has 6 aromatic rings. The van der Waals surface area contributed by atoms with Crippen LogP contribution in [0.5, 0.6) is 0 Å². The van der Waals surface area contributed by atoms with E-state index < -0.39 is 0 Å². The molecule has 0 bridgehead atoms. The molecule has 0 spiro atoms. The molecule has 3 radical (unpaired) electrons. The predicted molar refractivity (Wildman–Crippen MR) is 178 cm³/mol. The van der Waals surface area contributed by atoms with Crippen molar-refractivity contribution in [2.24, 2.45) is 0 Å². The SMILES string of the molecule is COC(=O)c1ccnc(Cc2ccc3ncc(C=O)cc3c2)c1.COC(=O)c1ccnc(Cc2ccc3ncc(CO)cc3c2)c1.[B].[H-].[Na+]. The molecule has 0 amide bonds. The van der Waals surface area contributed by atoms with Crippen LogP contribution in [0.3, 0.4) is 0 Å². The number of aliphatic hydroxyl groups is 1. The van der Waals surface area contributed by atoms with Crippen LogP contribution in [0.25, 0.3) is 21.8 Å². The van der Waals surface area contributed by atoms with Crippen molar-refractivity contribution in [3.63, 3.8) is 0 Å². The van der Waals surface area contributed by atoms with Gasteiger partial charge >= 0.3 is 41.5 Å². The van der Waals surface area contributed by atoms with Crippen molar-refractivity contribution in [2.75, 3.05) is 14.2 Å². The fourth-order valence-electron chi connectivity index (χ4n) is 4.85. The van der Waals surface area contributed by atoms with Crippen molar-refractivity contribution < 1.29 is 59.9 Å². The van der Waals surface area contributed by atoms with Gasteiger partial charge in [0.15, 0.2) is 6.29 Å². The average molecular weight is 649 g/mol. The van der Waals surface area contributed by atoms with E-state index in [0.29, 0.717) is 29.5 Å². The Hall–Kier alpha value is -4.81. The second-order valence-corrected chi connectivity index (χ2v) is 10.4. The van der Waals surface area contributed by atoms with Crippen molar-refractivity contribution in [3.8, 4) is 0 Å². The van der Waals surface area contributed by atoms with Gasteiger partial charge in [-0.2, -0.15) is 0 Å². The Morgan fingerprint density at radius 1 is 0.688 bits per heavy atom. The van der Waals surface area contributed by atoms with Gasteiger partial charge in [-0.25, -0.2) is 9.59 Å². The average Bonchev–Trinajstić information content (AvgIpc) is 3.10. The Labute approximate surface area is 302 Å². The molecule has 0 unspecified atom stereocenters. The first kappa shape index (κ1) is 37.7. The normalized spacial score (nSPS) is 10.1. The summed E-state index contributed by atoms with van der Waals surface area (Å²) in [5.41, 5.74) is 7.63. The molecule has 4 aromatic heterocycles. The van der Waals surface area contributed by atoms with Gasteiger partial charge in [0, 0.05) is 73.8 Å². The van der Waals surface area contributed by atoms with Gasteiger partial charge in [-0.05, 0) is 77.4 Å². The van der Waals surface area contributed by atoms with Crippen molar-refractivity contribution in [1.82, 2.24) is 19.9 Å². The molecule has 12 heteroatoms. The van der Waals surface area contributed by atoms with E-state index in [1.165, 1.54) is 14.2 Å². The Morgan fingerprint density at radius 3 is 1.65 bits per heavy atom. The van der Waals surface area contributed by atoms with Crippen molar-refractivity contribution in [1.29, 1.82) is 0 Å². The monoisotopic (exact) mass is 649 g/mol. The number of esters is 2. The van der Waals surface area contributed by atoms with Gasteiger partial charge in [-0.1, -0.05) is 12.1 Å². The first-order chi connectivity index (χ1) is 22.4. The van der Waals surface area contributed by atoms with E-state index in [0.717, 1.165) is 56.2 Å². The number of nitrogens with zero attached hydrogens (tertiary/aromatic N) is 4. The maximum atomic E-state index is 11.6. The molecule has 6 rings (SSSR count). The standard InChI is InChI=1S/C18H16N2O3.C18H14N2O3.B.Na.H/c2*1-23-18(22)14-4-5-19-16(9-14)8-12-2-3-17-15(6-12)7-13(11-21)10-20-17;;;/h2-7,9-10,21H,8,11H2,1H3;2-7,9-11H,8H2,1H3;;;/q;;;+1;-1. The number of methoxy groups -OCH3 is 2. The summed E-state index contributed by atoms with van der Waals surface area (Å²) in [5, 5.41) is 11.1. The third-order valence-electron chi connectivity index (χ3n) is 7.13. The Balaban J connectivity index is 0.000000321. The summed E-state index contributed by atoms with van der Waals surface area (Å²) in [6, 6.07) is 22.2. The second-order valence-electron chi connectivity index (χ2n) is 10.4. The van der Waals surface area contributed by atoms with E-state index in [1.807, 2.05) is 42.5 Å². The van der Waals surface area contributed by atoms with Crippen LogP contribution in [0.4, 0.5) is 0 Å². The zero-order valence-corrected chi connectivity index (χ0v) is 28.8. The zero-order chi connectivity index (χ0) is 32.5. The molecule has 0 aliphatic carbocycles. The topological polar surface area (TPSA) is 141 Å². The fourth-order valence-corrected chi connectivity index (χ4v) is 4.85. The van der Waals surface area contributed by atoms with E-state index in [9.17, 15) is 19.5 Å². The number of aliphatic hydroxyl groups excluding tert-OH is 1. The molecule has 48 heavy (non-hydrogen) atoms. The van der Waals surface area contributed by atoms with Crippen LogP contribution in [0.2, 0.25) is 0 Å². The molecule has 0 fully saturated rings. The third-order valence-corrected chi connectivity index (χ3v) is 7.13. The van der Waals surface area contributed by atoms with Gasteiger partial charge in [0.05, 0.1) is 43.0 Å². The molecule has 10 nitrogen and oxygen atoms in total. The number of hydrogen-bond acceptors (Lipinski definition) is 10. The van der Waals surface area contributed by atoms with Gasteiger partial charge in [0.1, 0.15) is 0 Å². The smallest absolute Gasteiger partial charge is 1.00 e. The van der Waals surface area contributed by atoms with Crippen LogP contribution in [-0.4, -0.2) is 65.9 Å². The predicted octanol–water partition coefficient (Wildman–Crippen LogP) is 2.05. The molecular weight excluding hydrogens is 618 g/mol. The second kappa shape index (κ2) is 17.9. The van der Waals surface area contributed by atoms with Gasteiger partial charge in [-0.15, -0.1) is 0 Å². The number of fused-ring (bicyclic) bond motifs is 2. The van der Waals surface area contributed by atoms with E-state index in [1.54, 1.807) is 55.1 Å². The van der Waals surface area contributed by atoms with Crippen molar-refractivity contribution >= 4 is 48.4 Å². The molecule has 235 valence electrons. The summed E-state index contributed by atoms with van der Waals surface area (Å²) in [6.45, 7) is -0.0318. The number of rotatable bonds is 8. The molecule has 2 aromatic carbocycles. The number of aldehydes is 1. The number of carbonyl (C=O) groups is 3. The fraction of sp³-hybridized carbons (Fsp3) is 0.139. The van der Waals surface area contributed by atoms with Crippen LogP contribution in [0.1, 0.15) is 60.6 Å². The minimum atomic E-state index is -0.382. The number of benzene rings is 2. The first-order valence-corrected chi connectivity index (χ1v) is 14.3. The molecule has 0 saturated heterocycles. The molecule has 0 atom stereocenters. The Kier molecular flexibility index (Phi) is 14.1. The van der Waals surface area contributed by atoms with Gasteiger partial charge in [-0.3, -0.25) is 24.7 Å². The molecule has 0 saturated carbocycles. The quantitative estimate of drug-likeness (QED) is 0.148. The maximum absolute atomic E-state index is 11.6. The maximum Gasteiger partial charge on any atom is 1.00 e. The zero-order valence-electron chi connectivity index (χ0n) is 27.8. The number of aromatic nitrogens is 4. The van der Waals surface area contributed by atoms with Crippen LogP contribution in [-0.2, 0) is 28.9 Å². The number of ether oxygens (including phenoxy) is 2. The number of pyridine rings is 4. The van der Waals surface area contributed by atoms with Gasteiger partial charge in [0.2, 0.25) is 0 Å². The van der Waals surface area contributed by atoms with Crippen LogP contribution >= 0.6 is 0 Å². The Morgan fingerprint density at radius 2 is 1.17 bits per heavy atom. The van der Waals surface area contributed by atoms with Crippen molar-refractivity contribution in [3.05, 3.63) is 142 Å².